The van der Waals surface area contributed by atoms with Gasteiger partial charge in [-0.25, -0.2) is 9.96 Å². The van der Waals surface area contributed by atoms with Crippen molar-refractivity contribution in [1.82, 2.24) is 0 Å². The maximum absolute atomic E-state index is 13.5. The fraction of sp³-hybridized carbons (Fsp3) is 0.167. The summed E-state index contributed by atoms with van der Waals surface area (Å²) >= 11 is 0. The van der Waals surface area contributed by atoms with Crippen LogP contribution in [0.5, 0.6) is 5.75 Å². The molecule has 2 saturated heterocycles. The first-order valence-corrected chi connectivity index (χ1v) is 9.79. The number of hydrogen-bond acceptors (Lipinski definition) is 5. The van der Waals surface area contributed by atoms with E-state index in [-0.39, 0.29) is 11.7 Å². The van der Waals surface area contributed by atoms with E-state index >= 15 is 0 Å². The molecule has 2 fully saturated rings. The molecule has 3 aromatic rings. The lowest BCUT2D eigenvalue weighted by Crippen LogP contribution is -2.37. The number of nitrogens with zero attached hydrogens (tertiary/aromatic N) is 2. The summed E-state index contributed by atoms with van der Waals surface area (Å²) in [6.45, 7) is 1.91. The van der Waals surface area contributed by atoms with Gasteiger partial charge in [0.1, 0.15) is 11.7 Å². The zero-order valence-corrected chi connectivity index (χ0v) is 16.3. The van der Waals surface area contributed by atoms with Crippen LogP contribution in [0.1, 0.15) is 17.2 Å². The van der Waals surface area contributed by atoms with Gasteiger partial charge in [-0.05, 0) is 42.8 Å². The van der Waals surface area contributed by atoms with E-state index in [1.165, 1.54) is 4.90 Å². The lowest BCUT2D eigenvalue weighted by atomic mass is 9.90. The standard InChI is InChI=1S/C24H20N2O4/c1-15-8-7-11-17(14-15)25-23(28)20-21(18-12-5-6-13-19(18)27)26(30-22(20)24(25)29)16-9-3-2-4-10-16/h2-14,20-22,27H,1H3/t20-,21+,22+/m0/s1. The minimum Gasteiger partial charge on any atom is -0.508 e. The number of benzene rings is 3. The van der Waals surface area contributed by atoms with Crippen molar-refractivity contribution in [3.05, 3.63) is 90.0 Å². The smallest absolute Gasteiger partial charge is 0.266 e. The summed E-state index contributed by atoms with van der Waals surface area (Å²) in [5.41, 5.74) is 2.74. The van der Waals surface area contributed by atoms with Crippen molar-refractivity contribution in [2.24, 2.45) is 5.92 Å². The summed E-state index contributed by atoms with van der Waals surface area (Å²) in [6, 6.07) is 22.8. The van der Waals surface area contributed by atoms with Crippen LogP contribution in [-0.4, -0.2) is 23.0 Å². The molecule has 0 saturated carbocycles. The number of amides is 2. The van der Waals surface area contributed by atoms with Gasteiger partial charge in [0.2, 0.25) is 5.91 Å². The van der Waals surface area contributed by atoms with Gasteiger partial charge in [-0.2, -0.15) is 0 Å². The average Bonchev–Trinajstić information content (AvgIpc) is 3.25. The van der Waals surface area contributed by atoms with Gasteiger partial charge in [0.25, 0.3) is 5.91 Å². The summed E-state index contributed by atoms with van der Waals surface area (Å²) in [7, 11) is 0. The minimum atomic E-state index is -0.956. The van der Waals surface area contributed by atoms with E-state index in [0.717, 1.165) is 5.56 Å². The highest BCUT2D eigenvalue weighted by Crippen LogP contribution is 2.49. The van der Waals surface area contributed by atoms with E-state index in [4.69, 9.17) is 4.84 Å². The zero-order valence-electron chi connectivity index (χ0n) is 16.3. The Hall–Kier alpha value is -3.64. The Morgan fingerprint density at radius 1 is 0.833 bits per heavy atom. The number of phenolic OH excluding ortho intramolecular Hbond substituents is 1. The summed E-state index contributed by atoms with van der Waals surface area (Å²) in [6.07, 6.45) is -0.956. The number of hydrogen-bond donors (Lipinski definition) is 1. The van der Waals surface area contributed by atoms with Crippen LogP contribution in [0.2, 0.25) is 0 Å². The van der Waals surface area contributed by atoms with Crippen LogP contribution in [0.3, 0.4) is 0 Å². The minimum absolute atomic E-state index is 0.0573. The first-order chi connectivity index (χ1) is 14.6. The lowest BCUT2D eigenvalue weighted by Gasteiger charge is -2.29. The van der Waals surface area contributed by atoms with Gasteiger partial charge in [0, 0.05) is 5.56 Å². The van der Waals surface area contributed by atoms with Crippen molar-refractivity contribution in [2.75, 3.05) is 9.96 Å². The number of para-hydroxylation sites is 2. The van der Waals surface area contributed by atoms with Gasteiger partial charge in [0.15, 0.2) is 6.10 Å². The van der Waals surface area contributed by atoms with Crippen molar-refractivity contribution in [1.29, 1.82) is 0 Å². The summed E-state index contributed by atoms with van der Waals surface area (Å²) in [5, 5.41) is 12.1. The molecule has 2 aliphatic heterocycles. The largest absolute Gasteiger partial charge is 0.508 e. The number of anilines is 2. The second kappa shape index (κ2) is 7.00. The summed E-state index contributed by atoms with van der Waals surface area (Å²) in [5.74, 6) is -1.44. The first-order valence-electron chi connectivity index (χ1n) is 9.79. The molecule has 0 spiro atoms. The number of carbonyl (C=O) groups is 2. The fourth-order valence-corrected chi connectivity index (χ4v) is 4.29. The van der Waals surface area contributed by atoms with Gasteiger partial charge < -0.3 is 5.11 Å². The van der Waals surface area contributed by atoms with Crippen molar-refractivity contribution < 1.29 is 19.5 Å². The number of fused-ring (bicyclic) bond motifs is 1. The van der Waals surface area contributed by atoms with Crippen molar-refractivity contribution in [2.45, 2.75) is 19.1 Å². The van der Waals surface area contributed by atoms with E-state index in [9.17, 15) is 14.7 Å². The maximum atomic E-state index is 13.5. The molecule has 2 heterocycles. The quantitative estimate of drug-likeness (QED) is 0.678. The molecular weight excluding hydrogens is 380 g/mol. The molecule has 3 atom stereocenters. The van der Waals surface area contributed by atoms with Gasteiger partial charge in [-0.15, -0.1) is 0 Å². The van der Waals surface area contributed by atoms with Crippen LogP contribution in [0.25, 0.3) is 0 Å². The predicted octanol–water partition coefficient (Wildman–Crippen LogP) is 3.75. The topological polar surface area (TPSA) is 70.1 Å². The fourth-order valence-electron chi connectivity index (χ4n) is 4.29. The Bertz CT molecular complexity index is 1130. The average molecular weight is 400 g/mol. The highest BCUT2D eigenvalue weighted by atomic mass is 16.7. The Labute approximate surface area is 173 Å². The van der Waals surface area contributed by atoms with Crippen LogP contribution in [0, 0.1) is 12.8 Å². The van der Waals surface area contributed by atoms with Crippen LogP contribution < -0.4 is 9.96 Å². The molecule has 1 N–H and O–H groups in total. The van der Waals surface area contributed by atoms with Gasteiger partial charge >= 0.3 is 0 Å². The number of carbonyl (C=O) groups excluding carboxylic acids is 2. The molecule has 30 heavy (non-hydrogen) atoms. The molecule has 2 amide bonds. The van der Waals surface area contributed by atoms with Crippen molar-refractivity contribution in [3.63, 3.8) is 0 Å². The molecule has 2 aliphatic rings. The van der Waals surface area contributed by atoms with Gasteiger partial charge in [-0.1, -0.05) is 48.5 Å². The number of hydroxylamine groups is 1. The number of aryl methyl sites for hydroxylation is 1. The molecule has 5 rings (SSSR count). The van der Waals surface area contributed by atoms with Crippen molar-refractivity contribution in [3.8, 4) is 5.75 Å². The molecule has 0 aliphatic carbocycles. The maximum Gasteiger partial charge on any atom is 0.266 e. The molecule has 0 aromatic heterocycles. The van der Waals surface area contributed by atoms with Gasteiger partial charge in [-0.3, -0.25) is 14.4 Å². The van der Waals surface area contributed by atoms with Crippen LogP contribution in [-0.2, 0) is 14.4 Å². The van der Waals surface area contributed by atoms with E-state index in [0.29, 0.717) is 16.9 Å². The van der Waals surface area contributed by atoms with Crippen LogP contribution >= 0.6 is 0 Å². The Morgan fingerprint density at radius 2 is 1.53 bits per heavy atom. The summed E-state index contributed by atoms with van der Waals surface area (Å²) < 4.78 is 0. The third-order valence-electron chi connectivity index (χ3n) is 5.64. The number of imide groups is 1. The lowest BCUT2D eigenvalue weighted by molar-refractivity contribution is -0.126. The van der Waals surface area contributed by atoms with Gasteiger partial charge in [0.05, 0.1) is 17.4 Å². The first kappa shape index (κ1) is 18.4. The highest BCUT2D eigenvalue weighted by molar-refractivity contribution is 6.24. The Morgan fingerprint density at radius 3 is 2.27 bits per heavy atom. The van der Waals surface area contributed by atoms with Crippen molar-refractivity contribution >= 4 is 23.2 Å². The normalized spacial score (nSPS) is 23.2. The predicted molar refractivity (Wildman–Crippen MR) is 112 cm³/mol. The van der Waals surface area contributed by atoms with E-state index in [2.05, 4.69) is 0 Å². The molecule has 6 heteroatoms. The van der Waals surface area contributed by atoms with E-state index in [1.54, 1.807) is 41.5 Å². The monoisotopic (exact) mass is 400 g/mol. The SMILES string of the molecule is Cc1cccc(N2C(=O)[C@H]3[C@@H](c4ccccc4O)N(c4ccccc4)O[C@H]3C2=O)c1. The van der Waals surface area contributed by atoms with Crippen LogP contribution in [0.4, 0.5) is 11.4 Å². The Kier molecular flexibility index (Phi) is 4.29. The third kappa shape index (κ3) is 2.76. The molecule has 0 unspecified atom stereocenters. The Balaban J connectivity index is 1.61. The summed E-state index contributed by atoms with van der Waals surface area (Å²) in [4.78, 5) is 34.0. The van der Waals surface area contributed by atoms with E-state index in [1.807, 2.05) is 49.4 Å². The third-order valence-corrected chi connectivity index (χ3v) is 5.64. The highest BCUT2D eigenvalue weighted by Gasteiger charge is 2.60. The molecular formula is C24H20N2O4. The molecule has 0 radical (unpaired) electrons. The second-order valence-electron chi connectivity index (χ2n) is 7.57. The van der Waals surface area contributed by atoms with Crippen LogP contribution in [0.15, 0.2) is 78.9 Å². The zero-order chi connectivity index (χ0) is 20.8. The number of rotatable bonds is 3. The molecule has 3 aromatic carbocycles. The number of aromatic hydroxyl groups is 1. The molecule has 6 nitrogen and oxygen atoms in total. The number of phenols is 1. The molecule has 150 valence electrons. The second-order valence-corrected chi connectivity index (χ2v) is 7.57. The molecule has 0 bridgehead atoms. The van der Waals surface area contributed by atoms with E-state index < -0.39 is 24.0 Å².